The van der Waals surface area contributed by atoms with Crippen LogP contribution in [0.1, 0.15) is 11.1 Å². The molecule has 1 unspecified atom stereocenters. The van der Waals surface area contributed by atoms with E-state index in [0.717, 1.165) is 6.26 Å². The fourth-order valence-corrected chi connectivity index (χ4v) is 4.50. The lowest BCUT2D eigenvalue weighted by Crippen LogP contribution is -2.41. The van der Waals surface area contributed by atoms with E-state index in [1.807, 2.05) is 0 Å². The number of thiazole rings is 1. The number of nitrogens with zero attached hydrogens (tertiary/aromatic N) is 3. The zero-order chi connectivity index (χ0) is 22.4. The summed E-state index contributed by atoms with van der Waals surface area (Å²) in [5.41, 5.74) is 7.11. The molecule has 2 N–H and O–H groups in total. The number of amides is 1. The molecule has 2 heterocycles. The molecule has 31 heavy (non-hydrogen) atoms. The third-order valence-corrected chi connectivity index (χ3v) is 6.14. The summed E-state index contributed by atoms with van der Waals surface area (Å²) in [4.78, 5) is 23.6. The van der Waals surface area contributed by atoms with Crippen LogP contribution in [0.5, 0.6) is 5.75 Å². The first kappa shape index (κ1) is 20.9. The van der Waals surface area contributed by atoms with Gasteiger partial charge in [-0.15, -0.1) is 11.3 Å². The van der Waals surface area contributed by atoms with Crippen LogP contribution in [0.15, 0.2) is 59.2 Å². The van der Waals surface area contributed by atoms with Gasteiger partial charge in [-0.25, -0.2) is 9.38 Å². The monoisotopic (exact) mass is 460 g/mol. The van der Waals surface area contributed by atoms with Crippen LogP contribution >= 0.6 is 11.3 Å². The Kier molecular flexibility index (Phi) is 5.02. The third-order valence-electron chi connectivity index (χ3n) is 4.84. The molecule has 1 aliphatic heterocycles. The first-order valence-corrected chi connectivity index (χ1v) is 11.6. The van der Waals surface area contributed by atoms with E-state index in [2.05, 4.69) is 9.98 Å². The second-order valence-electron chi connectivity index (χ2n) is 6.92. The molecule has 3 aromatic rings. The van der Waals surface area contributed by atoms with Gasteiger partial charge in [-0.3, -0.25) is 14.7 Å². The van der Waals surface area contributed by atoms with Crippen molar-refractivity contribution in [3.63, 3.8) is 0 Å². The summed E-state index contributed by atoms with van der Waals surface area (Å²) >= 11 is 1.26. The molecular formula is C20H17FN4O4S2. The average molecular weight is 461 g/mol. The molecule has 160 valence electrons. The van der Waals surface area contributed by atoms with E-state index >= 15 is 0 Å². The Labute approximate surface area is 181 Å². The summed E-state index contributed by atoms with van der Waals surface area (Å²) in [5.74, 6) is -0.800. The van der Waals surface area contributed by atoms with Crippen molar-refractivity contribution < 1.29 is 21.8 Å². The highest BCUT2D eigenvalue weighted by Gasteiger charge is 2.49. The Bertz CT molecular complexity index is 1290. The molecule has 0 saturated heterocycles. The van der Waals surface area contributed by atoms with Crippen molar-refractivity contribution in [2.24, 2.45) is 10.7 Å². The van der Waals surface area contributed by atoms with Crippen LogP contribution in [-0.4, -0.2) is 43.5 Å². The summed E-state index contributed by atoms with van der Waals surface area (Å²) in [5, 5.41) is 0. The van der Waals surface area contributed by atoms with Gasteiger partial charge in [-0.05, 0) is 35.4 Å². The van der Waals surface area contributed by atoms with Crippen molar-refractivity contribution in [1.82, 2.24) is 9.88 Å². The van der Waals surface area contributed by atoms with Gasteiger partial charge in [0.25, 0.3) is 5.91 Å². The molecule has 1 aliphatic rings. The quantitative estimate of drug-likeness (QED) is 0.585. The van der Waals surface area contributed by atoms with Gasteiger partial charge in [0.05, 0.1) is 16.6 Å². The van der Waals surface area contributed by atoms with Crippen molar-refractivity contribution >= 4 is 33.3 Å². The Balaban J connectivity index is 1.89. The lowest BCUT2D eigenvalue weighted by Gasteiger charge is -2.26. The first-order valence-electron chi connectivity index (χ1n) is 8.94. The molecule has 0 aliphatic carbocycles. The number of hydrogen-bond acceptors (Lipinski definition) is 8. The topological polar surface area (TPSA) is 115 Å². The molecular weight excluding hydrogens is 443 g/mol. The number of guanidine groups is 1. The number of rotatable bonds is 5. The molecule has 8 nitrogen and oxygen atoms in total. The van der Waals surface area contributed by atoms with E-state index in [0.29, 0.717) is 16.0 Å². The number of aliphatic imine (C=N–C) groups is 1. The predicted molar refractivity (Wildman–Crippen MR) is 115 cm³/mol. The fourth-order valence-electron chi connectivity index (χ4n) is 3.40. The summed E-state index contributed by atoms with van der Waals surface area (Å²) < 4.78 is 42.2. The lowest BCUT2D eigenvalue weighted by atomic mass is 9.82. The van der Waals surface area contributed by atoms with Crippen LogP contribution in [0.2, 0.25) is 0 Å². The third kappa shape index (κ3) is 3.66. The maximum Gasteiger partial charge on any atom is 0.306 e. The summed E-state index contributed by atoms with van der Waals surface area (Å²) in [6.07, 6.45) is 2.47. The van der Waals surface area contributed by atoms with Crippen LogP contribution in [0.4, 0.5) is 4.39 Å². The molecule has 11 heteroatoms. The van der Waals surface area contributed by atoms with Crippen molar-refractivity contribution in [3.05, 3.63) is 71.1 Å². The highest BCUT2D eigenvalue weighted by atomic mass is 32.2. The zero-order valence-corrected chi connectivity index (χ0v) is 18.1. The zero-order valence-electron chi connectivity index (χ0n) is 16.4. The summed E-state index contributed by atoms with van der Waals surface area (Å²) in [6, 6.07) is 10.2. The number of nitrogens with two attached hydrogens (primary N) is 1. The highest BCUT2D eigenvalue weighted by molar-refractivity contribution is 7.86. The van der Waals surface area contributed by atoms with Gasteiger partial charge < -0.3 is 9.92 Å². The Hall–Kier alpha value is -3.31. The molecule has 1 amide bonds. The molecule has 4 rings (SSSR count). The van der Waals surface area contributed by atoms with Gasteiger partial charge in [0.15, 0.2) is 11.5 Å². The van der Waals surface area contributed by atoms with Gasteiger partial charge >= 0.3 is 10.1 Å². The molecule has 0 saturated carbocycles. The van der Waals surface area contributed by atoms with E-state index < -0.39 is 27.4 Å². The molecule has 0 radical (unpaired) electrons. The van der Waals surface area contributed by atoms with Gasteiger partial charge in [0.1, 0.15) is 11.6 Å². The highest BCUT2D eigenvalue weighted by Crippen LogP contribution is 2.41. The molecule has 1 atom stereocenters. The van der Waals surface area contributed by atoms with E-state index in [1.165, 1.54) is 65.9 Å². The fraction of sp³-hybridized carbons (Fsp3) is 0.150. The maximum absolute atomic E-state index is 14.6. The van der Waals surface area contributed by atoms with Gasteiger partial charge in [0, 0.05) is 18.8 Å². The number of hydrogen-bond donors (Lipinski definition) is 1. The molecule has 0 bridgehead atoms. The normalized spacial score (nSPS) is 18.9. The molecule has 1 aromatic heterocycles. The number of aromatic nitrogens is 1. The van der Waals surface area contributed by atoms with Crippen molar-refractivity contribution in [2.45, 2.75) is 5.54 Å². The number of likely N-dealkylation sites (N-methyl/N-ethyl adjacent to an activating group) is 1. The van der Waals surface area contributed by atoms with Crippen LogP contribution in [-0.2, 0) is 20.5 Å². The minimum absolute atomic E-state index is 0.00475. The van der Waals surface area contributed by atoms with Gasteiger partial charge in [-0.2, -0.15) is 8.42 Å². The van der Waals surface area contributed by atoms with E-state index in [-0.39, 0.29) is 17.3 Å². The minimum atomic E-state index is -3.71. The van der Waals surface area contributed by atoms with Crippen LogP contribution in [0.25, 0.3) is 10.4 Å². The first-order chi connectivity index (χ1) is 14.6. The Morgan fingerprint density at radius 1 is 1.16 bits per heavy atom. The van der Waals surface area contributed by atoms with Crippen LogP contribution in [0, 0.1) is 5.82 Å². The lowest BCUT2D eigenvalue weighted by molar-refractivity contribution is -0.129. The molecule has 0 fully saturated rings. The second-order valence-corrected chi connectivity index (χ2v) is 9.38. The number of benzene rings is 2. The number of carbonyl (C=O) groups excluding carboxylic acids is 1. The van der Waals surface area contributed by atoms with E-state index in [4.69, 9.17) is 9.92 Å². The largest absolute Gasteiger partial charge is 0.383 e. The van der Waals surface area contributed by atoms with Gasteiger partial charge in [0.2, 0.25) is 0 Å². The molecule has 2 aromatic carbocycles. The Morgan fingerprint density at radius 3 is 2.39 bits per heavy atom. The number of halogens is 1. The summed E-state index contributed by atoms with van der Waals surface area (Å²) in [7, 11) is -2.21. The smallest absolute Gasteiger partial charge is 0.306 e. The SMILES string of the molecule is CN1C(=O)C(c2ccc(OS(C)(=O)=O)cc2)(c2ccc(F)c(-c3cncs3)c2)N=C1N. The maximum atomic E-state index is 14.6. The minimum Gasteiger partial charge on any atom is -0.383 e. The van der Waals surface area contributed by atoms with Crippen LogP contribution in [0.3, 0.4) is 0 Å². The number of carbonyl (C=O) groups is 1. The van der Waals surface area contributed by atoms with Crippen molar-refractivity contribution in [1.29, 1.82) is 0 Å². The van der Waals surface area contributed by atoms with Crippen molar-refractivity contribution in [2.75, 3.05) is 13.3 Å². The second kappa shape index (κ2) is 7.43. The van der Waals surface area contributed by atoms with Gasteiger partial charge in [-0.1, -0.05) is 18.2 Å². The average Bonchev–Trinajstić information content (AvgIpc) is 3.32. The van der Waals surface area contributed by atoms with E-state index in [9.17, 15) is 17.6 Å². The van der Waals surface area contributed by atoms with Crippen molar-refractivity contribution in [3.8, 4) is 16.2 Å². The van der Waals surface area contributed by atoms with E-state index in [1.54, 1.807) is 11.6 Å². The standard InChI is InChI=1S/C20H17FN4O4S2/c1-25-18(26)20(24-19(25)22,12-3-6-14(7-4-12)29-31(2,27)28)13-5-8-16(21)15(9-13)17-10-23-11-30-17/h3-11H,1-2H3,(H2,22,24). The Morgan fingerprint density at radius 2 is 1.84 bits per heavy atom. The molecule has 0 spiro atoms. The van der Waals surface area contributed by atoms with Crippen LogP contribution < -0.4 is 9.92 Å². The predicted octanol–water partition coefficient (Wildman–Crippen LogP) is 2.32. The summed E-state index contributed by atoms with van der Waals surface area (Å²) in [6.45, 7) is 0.